The molecular formula is C12H24O2. The molecule has 2 nitrogen and oxygen atoms in total. The van der Waals surface area contributed by atoms with Crippen LogP contribution < -0.4 is 0 Å². The van der Waals surface area contributed by atoms with Crippen LogP contribution in [0.2, 0.25) is 0 Å². The van der Waals surface area contributed by atoms with E-state index in [4.69, 9.17) is 4.74 Å². The molecule has 1 rings (SSSR count). The van der Waals surface area contributed by atoms with Gasteiger partial charge in [-0.05, 0) is 13.3 Å². The largest absolute Gasteiger partial charge is 0.466 e. The van der Waals surface area contributed by atoms with Gasteiger partial charge in [0, 0.05) is 6.42 Å². The highest BCUT2D eigenvalue weighted by Crippen LogP contribution is 2.14. The minimum Gasteiger partial charge on any atom is -0.466 e. The lowest BCUT2D eigenvalue weighted by Crippen LogP contribution is -2.02. The van der Waals surface area contributed by atoms with Gasteiger partial charge in [0.25, 0.3) is 0 Å². The predicted molar refractivity (Wildman–Crippen MR) is 59.2 cm³/mol. The average molecular weight is 200 g/mol. The Bertz CT molecular complexity index is 128. The zero-order chi connectivity index (χ0) is 10.6. The molecule has 0 atom stereocenters. The second-order valence-corrected chi connectivity index (χ2v) is 3.68. The quantitative estimate of drug-likeness (QED) is 0.483. The van der Waals surface area contributed by atoms with E-state index in [0.29, 0.717) is 13.0 Å². The molecule has 0 spiro atoms. The minimum atomic E-state index is -0.0522. The van der Waals surface area contributed by atoms with E-state index in [9.17, 15) is 4.79 Å². The van der Waals surface area contributed by atoms with Crippen LogP contribution in [0, 0.1) is 0 Å². The van der Waals surface area contributed by atoms with Crippen LogP contribution in [0.15, 0.2) is 0 Å². The van der Waals surface area contributed by atoms with Crippen LogP contribution in [0.5, 0.6) is 0 Å². The van der Waals surface area contributed by atoms with Crippen LogP contribution in [-0.4, -0.2) is 12.6 Å². The second kappa shape index (κ2) is 10.6. The summed E-state index contributed by atoms with van der Waals surface area (Å²) < 4.78 is 4.78. The van der Waals surface area contributed by atoms with Gasteiger partial charge in [0.2, 0.25) is 0 Å². The zero-order valence-corrected chi connectivity index (χ0v) is 9.68. The Kier molecular flexibility index (Phi) is 10.2. The standard InChI is InChI=1S/C9H18O2.C3H6/c1-3-5-6-7-8-9(10)11-4-2;1-2-3-1/h3-8H2,1-2H3;1-3H2. The molecule has 0 radical (unpaired) electrons. The van der Waals surface area contributed by atoms with Crippen molar-refractivity contribution in [2.75, 3.05) is 6.61 Å². The molecule has 84 valence electrons. The SMILES string of the molecule is C1CC1.CCCCCCC(=O)OCC. The normalized spacial score (nSPS) is 12.7. The first kappa shape index (κ1) is 13.5. The molecule has 1 aliphatic rings. The van der Waals surface area contributed by atoms with Crippen LogP contribution in [0.4, 0.5) is 0 Å². The van der Waals surface area contributed by atoms with E-state index in [-0.39, 0.29) is 5.97 Å². The number of carbonyl (C=O) groups is 1. The summed E-state index contributed by atoms with van der Waals surface area (Å²) >= 11 is 0. The number of unbranched alkanes of at least 4 members (excludes halogenated alkanes) is 3. The Morgan fingerprint density at radius 1 is 1.07 bits per heavy atom. The van der Waals surface area contributed by atoms with E-state index in [1.54, 1.807) is 0 Å². The number of hydrogen-bond acceptors (Lipinski definition) is 2. The van der Waals surface area contributed by atoms with Crippen molar-refractivity contribution in [2.45, 2.75) is 65.2 Å². The molecule has 0 bridgehead atoms. The minimum absolute atomic E-state index is 0.0522. The molecule has 0 aromatic heterocycles. The maximum absolute atomic E-state index is 10.8. The summed E-state index contributed by atoms with van der Waals surface area (Å²) in [5.74, 6) is -0.0522. The van der Waals surface area contributed by atoms with Gasteiger partial charge in [-0.1, -0.05) is 45.4 Å². The summed E-state index contributed by atoms with van der Waals surface area (Å²) in [6.07, 6.45) is 9.65. The van der Waals surface area contributed by atoms with Crippen molar-refractivity contribution in [1.82, 2.24) is 0 Å². The summed E-state index contributed by atoms with van der Waals surface area (Å²) in [4.78, 5) is 10.8. The van der Waals surface area contributed by atoms with E-state index in [0.717, 1.165) is 12.8 Å². The number of rotatable bonds is 6. The van der Waals surface area contributed by atoms with Crippen molar-refractivity contribution in [3.63, 3.8) is 0 Å². The van der Waals surface area contributed by atoms with Gasteiger partial charge in [-0.15, -0.1) is 0 Å². The van der Waals surface area contributed by atoms with Crippen LogP contribution in [0.1, 0.15) is 65.2 Å². The fourth-order valence-electron chi connectivity index (χ4n) is 0.929. The van der Waals surface area contributed by atoms with E-state index in [2.05, 4.69) is 6.92 Å². The molecule has 0 aromatic carbocycles. The first-order chi connectivity index (χ1) is 6.81. The Labute approximate surface area is 88.0 Å². The van der Waals surface area contributed by atoms with E-state index in [1.165, 1.54) is 32.1 Å². The highest BCUT2D eigenvalue weighted by molar-refractivity contribution is 5.69. The van der Waals surface area contributed by atoms with Gasteiger partial charge in [0.15, 0.2) is 0 Å². The molecule has 14 heavy (non-hydrogen) atoms. The van der Waals surface area contributed by atoms with Crippen LogP contribution in [0.25, 0.3) is 0 Å². The van der Waals surface area contributed by atoms with Crippen molar-refractivity contribution < 1.29 is 9.53 Å². The highest BCUT2D eigenvalue weighted by Gasteiger charge is 1.99. The molecule has 2 heteroatoms. The number of carbonyl (C=O) groups excluding carboxylic acids is 1. The smallest absolute Gasteiger partial charge is 0.305 e. The van der Waals surface area contributed by atoms with Gasteiger partial charge in [-0.3, -0.25) is 4.79 Å². The molecule has 1 fully saturated rings. The fourth-order valence-corrected chi connectivity index (χ4v) is 0.929. The maximum atomic E-state index is 10.8. The van der Waals surface area contributed by atoms with Crippen LogP contribution >= 0.6 is 0 Å². The third kappa shape index (κ3) is 14.0. The Balaban J connectivity index is 0.000000469. The van der Waals surface area contributed by atoms with Gasteiger partial charge in [-0.25, -0.2) is 0 Å². The van der Waals surface area contributed by atoms with E-state index < -0.39 is 0 Å². The Morgan fingerprint density at radius 2 is 1.71 bits per heavy atom. The maximum Gasteiger partial charge on any atom is 0.305 e. The molecule has 0 heterocycles. The average Bonchev–Trinajstić information content (AvgIpc) is 2.99. The Morgan fingerprint density at radius 3 is 2.14 bits per heavy atom. The second-order valence-electron chi connectivity index (χ2n) is 3.68. The van der Waals surface area contributed by atoms with Crippen molar-refractivity contribution in [3.05, 3.63) is 0 Å². The van der Waals surface area contributed by atoms with Gasteiger partial charge in [0.05, 0.1) is 6.61 Å². The van der Waals surface area contributed by atoms with E-state index >= 15 is 0 Å². The lowest BCUT2D eigenvalue weighted by Gasteiger charge is -2.00. The van der Waals surface area contributed by atoms with Gasteiger partial charge in [0.1, 0.15) is 0 Å². The molecule has 1 saturated carbocycles. The molecule has 0 N–H and O–H groups in total. The monoisotopic (exact) mass is 200 g/mol. The van der Waals surface area contributed by atoms with Gasteiger partial charge in [-0.2, -0.15) is 0 Å². The lowest BCUT2D eigenvalue weighted by atomic mass is 10.2. The summed E-state index contributed by atoms with van der Waals surface area (Å²) in [5.41, 5.74) is 0. The highest BCUT2D eigenvalue weighted by atomic mass is 16.5. The van der Waals surface area contributed by atoms with Crippen molar-refractivity contribution in [2.24, 2.45) is 0 Å². The summed E-state index contributed by atoms with van der Waals surface area (Å²) in [5, 5.41) is 0. The molecule has 0 aliphatic heterocycles. The summed E-state index contributed by atoms with van der Waals surface area (Å²) in [6.45, 7) is 4.50. The first-order valence-corrected chi connectivity index (χ1v) is 5.96. The summed E-state index contributed by atoms with van der Waals surface area (Å²) in [6, 6.07) is 0. The van der Waals surface area contributed by atoms with Gasteiger partial charge < -0.3 is 4.74 Å². The zero-order valence-electron chi connectivity index (χ0n) is 9.68. The molecule has 0 unspecified atom stereocenters. The topological polar surface area (TPSA) is 26.3 Å². The van der Waals surface area contributed by atoms with Crippen molar-refractivity contribution in [1.29, 1.82) is 0 Å². The van der Waals surface area contributed by atoms with E-state index in [1.807, 2.05) is 6.92 Å². The van der Waals surface area contributed by atoms with Crippen LogP contribution in [-0.2, 0) is 9.53 Å². The van der Waals surface area contributed by atoms with Crippen molar-refractivity contribution in [3.8, 4) is 0 Å². The molecule has 0 amide bonds. The Hall–Kier alpha value is -0.530. The fraction of sp³-hybridized carbons (Fsp3) is 0.917. The molecule has 1 aliphatic carbocycles. The number of ether oxygens (including phenoxy) is 1. The first-order valence-electron chi connectivity index (χ1n) is 5.96. The summed E-state index contributed by atoms with van der Waals surface area (Å²) in [7, 11) is 0. The van der Waals surface area contributed by atoms with Crippen LogP contribution in [0.3, 0.4) is 0 Å². The number of hydrogen-bond donors (Lipinski definition) is 0. The molecular weight excluding hydrogens is 176 g/mol. The lowest BCUT2D eigenvalue weighted by molar-refractivity contribution is -0.143. The third-order valence-electron chi connectivity index (χ3n) is 1.89. The predicted octanol–water partition coefficient (Wildman–Crippen LogP) is 3.69. The molecule has 0 saturated heterocycles. The molecule has 0 aromatic rings. The number of esters is 1. The van der Waals surface area contributed by atoms with Gasteiger partial charge >= 0.3 is 5.97 Å². The third-order valence-corrected chi connectivity index (χ3v) is 1.89. The van der Waals surface area contributed by atoms with Crippen molar-refractivity contribution >= 4 is 5.97 Å².